The van der Waals surface area contributed by atoms with Crippen LogP contribution in [-0.4, -0.2) is 17.1 Å². The van der Waals surface area contributed by atoms with Crippen molar-refractivity contribution in [1.29, 1.82) is 0 Å². The smallest absolute Gasteiger partial charge is 0.142 e. The second kappa shape index (κ2) is 4.94. The molecule has 1 heterocycles. The SMILES string of the molecule is COc1cc(Br)ccc1-c1nc2c(C)cc(C)cc2[nH]1. The first-order valence-corrected chi connectivity index (χ1v) is 7.18. The molecule has 0 spiro atoms. The van der Waals surface area contributed by atoms with Gasteiger partial charge in [-0.15, -0.1) is 0 Å². The number of nitrogens with zero attached hydrogens (tertiary/aromatic N) is 1. The van der Waals surface area contributed by atoms with E-state index in [9.17, 15) is 0 Å². The first-order valence-electron chi connectivity index (χ1n) is 6.39. The van der Waals surface area contributed by atoms with Gasteiger partial charge in [0.05, 0.1) is 23.7 Å². The standard InChI is InChI=1S/C16H15BrN2O/c1-9-6-10(2)15-13(7-9)18-16(19-15)12-5-4-11(17)8-14(12)20-3/h4-8H,1-3H3,(H,18,19). The van der Waals surface area contributed by atoms with Gasteiger partial charge in [0, 0.05) is 4.47 Å². The molecule has 0 saturated heterocycles. The van der Waals surface area contributed by atoms with Crippen molar-refractivity contribution in [3.8, 4) is 17.1 Å². The summed E-state index contributed by atoms with van der Waals surface area (Å²) in [5, 5.41) is 0. The van der Waals surface area contributed by atoms with E-state index in [-0.39, 0.29) is 0 Å². The van der Waals surface area contributed by atoms with Gasteiger partial charge in [0.2, 0.25) is 0 Å². The number of benzene rings is 2. The third-order valence-electron chi connectivity index (χ3n) is 3.34. The Morgan fingerprint density at radius 2 is 1.95 bits per heavy atom. The highest BCUT2D eigenvalue weighted by molar-refractivity contribution is 9.10. The van der Waals surface area contributed by atoms with Crippen molar-refractivity contribution in [2.45, 2.75) is 13.8 Å². The van der Waals surface area contributed by atoms with Crippen LogP contribution in [0.15, 0.2) is 34.8 Å². The number of fused-ring (bicyclic) bond motifs is 1. The predicted octanol–water partition coefficient (Wildman–Crippen LogP) is 4.62. The lowest BCUT2D eigenvalue weighted by molar-refractivity contribution is 0.416. The molecule has 20 heavy (non-hydrogen) atoms. The van der Waals surface area contributed by atoms with Gasteiger partial charge in [-0.25, -0.2) is 4.98 Å². The van der Waals surface area contributed by atoms with E-state index in [1.54, 1.807) is 7.11 Å². The van der Waals surface area contributed by atoms with Crippen LogP contribution < -0.4 is 4.74 Å². The van der Waals surface area contributed by atoms with E-state index in [0.717, 1.165) is 32.6 Å². The molecule has 0 radical (unpaired) electrons. The van der Waals surface area contributed by atoms with Crippen LogP contribution in [0.3, 0.4) is 0 Å². The number of H-pyrrole nitrogens is 1. The minimum atomic E-state index is 0.799. The molecule has 0 saturated carbocycles. The Kier molecular flexibility index (Phi) is 3.26. The molecule has 3 nitrogen and oxygen atoms in total. The summed E-state index contributed by atoms with van der Waals surface area (Å²) in [6, 6.07) is 10.2. The lowest BCUT2D eigenvalue weighted by Gasteiger charge is -2.06. The number of aryl methyl sites for hydroxylation is 2. The minimum Gasteiger partial charge on any atom is -0.496 e. The summed E-state index contributed by atoms with van der Waals surface area (Å²) in [5.74, 6) is 1.63. The molecule has 3 rings (SSSR count). The molecule has 0 aliphatic carbocycles. The highest BCUT2D eigenvalue weighted by Crippen LogP contribution is 2.32. The zero-order valence-electron chi connectivity index (χ0n) is 11.6. The van der Waals surface area contributed by atoms with Crippen LogP contribution in [0.1, 0.15) is 11.1 Å². The van der Waals surface area contributed by atoms with Gasteiger partial charge in [0.15, 0.2) is 0 Å². The van der Waals surface area contributed by atoms with E-state index >= 15 is 0 Å². The monoisotopic (exact) mass is 330 g/mol. The van der Waals surface area contributed by atoms with Gasteiger partial charge >= 0.3 is 0 Å². The number of methoxy groups -OCH3 is 1. The fraction of sp³-hybridized carbons (Fsp3) is 0.188. The molecule has 1 aromatic heterocycles. The van der Waals surface area contributed by atoms with Crippen LogP contribution in [0.2, 0.25) is 0 Å². The summed E-state index contributed by atoms with van der Waals surface area (Å²) in [6.45, 7) is 4.17. The van der Waals surface area contributed by atoms with E-state index in [2.05, 4.69) is 46.9 Å². The van der Waals surface area contributed by atoms with Crippen molar-refractivity contribution < 1.29 is 4.74 Å². The molecule has 0 aliphatic heterocycles. The summed E-state index contributed by atoms with van der Waals surface area (Å²) in [5.41, 5.74) is 5.44. The number of ether oxygens (including phenoxy) is 1. The first-order chi connectivity index (χ1) is 9.58. The number of imidazole rings is 1. The second-order valence-corrected chi connectivity index (χ2v) is 5.82. The van der Waals surface area contributed by atoms with Crippen molar-refractivity contribution in [2.24, 2.45) is 0 Å². The molecule has 3 aromatic rings. The fourth-order valence-corrected chi connectivity index (χ4v) is 2.80. The Labute approximate surface area is 126 Å². The van der Waals surface area contributed by atoms with Gasteiger partial charge in [-0.3, -0.25) is 0 Å². The zero-order chi connectivity index (χ0) is 14.3. The lowest BCUT2D eigenvalue weighted by Crippen LogP contribution is -1.89. The maximum atomic E-state index is 5.44. The summed E-state index contributed by atoms with van der Waals surface area (Å²) < 4.78 is 6.43. The largest absolute Gasteiger partial charge is 0.496 e. The lowest BCUT2D eigenvalue weighted by atomic mass is 10.1. The Bertz CT molecular complexity index is 793. The minimum absolute atomic E-state index is 0.799. The third-order valence-corrected chi connectivity index (χ3v) is 3.83. The van der Waals surface area contributed by atoms with Crippen molar-refractivity contribution in [2.75, 3.05) is 7.11 Å². The van der Waals surface area contributed by atoms with Crippen LogP contribution in [0.5, 0.6) is 5.75 Å². The molecule has 0 fully saturated rings. The summed E-state index contributed by atoms with van der Waals surface area (Å²) >= 11 is 3.45. The molecular weight excluding hydrogens is 316 g/mol. The quantitative estimate of drug-likeness (QED) is 0.744. The maximum absolute atomic E-state index is 5.44. The maximum Gasteiger partial charge on any atom is 0.142 e. The first kappa shape index (κ1) is 13.2. The molecule has 0 amide bonds. The molecule has 102 valence electrons. The highest BCUT2D eigenvalue weighted by Gasteiger charge is 2.12. The molecular formula is C16H15BrN2O. The van der Waals surface area contributed by atoms with E-state index in [0.29, 0.717) is 0 Å². The fourth-order valence-electron chi connectivity index (χ4n) is 2.46. The van der Waals surface area contributed by atoms with E-state index in [1.807, 2.05) is 18.2 Å². The number of hydrogen-bond donors (Lipinski definition) is 1. The van der Waals surface area contributed by atoms with Crippen LogP contribution >= 0.6 is 15.9 Å². The van der Waals surface area contributed by atoms with Crippen molar-refractivity contribution >= 4 is 27.0 Å². The Balaban J connectivity index is 2.22. The van der Waals surface area contributed by atoms with Crippen molar-refractivity contribution in [3.63, 3.8) is 0 Å². The van der Waals surface area contributed by atoms with Gasteiger partial charge in [-0.05, 0) is 49.2 Å². The number of hydrogen-bond acceptors (Lipinski definition) is 2. The van der Waals surface area contributed by atoms with Crippen LogP contribution in [-0.2, 0) is 0 Å². The van der Waals surface area contributed by atoms with E-state index in [1.165, 1.54) is 11.1 Å². The molecule has 0 atom stereocenters. The Morgan fingerprint density at radius 3 is 2.70 bits per heavy atom. The van der Waals surface area contributed by atoms with E-state index < -0.39 is 0 Å². The van der Waals surface area contributed by atoms with Crippen LogP contribution in [0.25, 0.3) is 22.4 Å². The predicted molar refractivity (Wildman–Crippen MR) is 85.3 cm³/mol. The number of nitrogens with one attached hydrogen (secondary N) is 1. The molecule has 0 bridgehead atoms. The van der Waals surface area contributed by atoms with E-state index in [4.69, 9.17) is 9.72 Å². The van der Waals surface area contributed by atoms with Crippen LogP contribution in [0, 0.1) is 13.8 Å². The number of aromatic amines is 1. The normalized spacial score (nSPS) is 11.0. The van der Waals surface area contributed by atoms with Crippen LogP contribution in [0.4, 0.5) is 0 Å². The van der Waals surface area contributed by atoms with Gasteiger partial charge < -0.3 is 9.72 Å². The average molecular weight is 331 g/mol. The third kappa shape index (κ3) is 2.20. The van der Waals surface area contributed by atoms with Gasteiger partial charge in [-0.1, -0.05) is 22.0 Å². The van der Waals surface area contributed by atoms with Gasteiger partial charge in [-0.2, -0.15) is 0 Å². The molecule has 1 N–H and O–H groups in total. The number of halogens is 1. The number of rotatable bonds is 2. The molecule has 0 unspecified atom stereocenters. The molecule has 4 heteroatoms. The summed E-state index contributed by atoms with van der Waals surface area (Å²) in [4.78, 5) is 8.09. The molecule has 0 aliphatic rings. The average Bonchev–Trinajstić information content (AvgIpc) is 2.82. The van der Waals surface area contributed by atoms with Gasteiger partial charge in [0.1, 0.15) is 11.6 Å². The second-order valence-electron chi connectivity index (χ2n) is 4.91. The van der Waals surface area contributed by atoms with Crippen molar-refractivity contribution in [1.82, 2.24) is 9.97 Å². The summed E-state index contributed by atoms with van der Waals surface area (Å²) in [7, 11) is 1.67. The number of aromatic nitrogens is 2. The Hall–Kier alpha value is -1.81. The summed E-state index contributed by atoms with van der Waals surface area (Å²) in [6.07, 6.45) is 0. The molecule has 2 aromatic carbocycles. The Morgan fingerprint density at radius 1 is 1.15 bits per heavy atom. The van der Waals surface area contributed by atoms with Gasteiger partial charge in [0.25, 0.3) is 0 Å². The topological polar surface area (TPSA) is 37.9 Å². The highest BCUT2D eigenvalue weighted by atomic mass is 79.9. The zero-order valence-corrected chi connectivity index (χ0v) is 13.2. The van der Waals surface area contributed by atoms with Crippen molar-refractivity contribution in [3.05, 3.63) is 45.9 Å².